The van der Waals surface area contributed by atoms with Crippen molar-refractivity contribution >= 4 is 11.7 Å². The predicted molar refractivity (Wildman–Crippen MR) is 92.0 cm³/mol. The van der Waals surface area contributed by atoms with Gasteiger partial charge in [-0.05, 0) is 30.2 Å². The van der Waals surface area contributed by atoms with E-state index in [2.05, 4.69) is 10.1 Å². The Morgan fingerprint density at radius 2 is 1.96 bits per heavy atom. The van der Waals surface area contributed by atoms with Crippen LogP contribution in [-0.4, -0.2) is 35.5 Å². The first-order chi connectivity index (χ1) is 12.1. The molecule has 0 amide bonds. The van der Waals surface area contributed by atoms with Crippen LogP contribution in [-0.2, 0) is 16.2 Å². The number of pyridine rings is 1. The van der Waals surface area contributed by atoms with Crippen LogP contribution < -0.4 is 9.47 Å². The smallest absolute Gasteiger partial charge is 0.341 e. The lowest BCUT2D eigenvalue weighted by atomic mass is 10.1. The highest BCUT2D eigenvalue weighted by molar-refractivity contribution is 5.99. The number of carboxylic acids is 1. The summed E-state index contributed by atoms with van der Waals surface area (Å²) < 4.78 is 10.1. The first-order valence-electron chi connectivity index (χ1n) is 7.75. The number of nitrogens with zero attached hydrogens (tertiary/aromatic N) is 2. The molecule has 0 unspecified atom stereocenters. The fourth-order valence-corrected chi connectivity index (χ4v) is 2.00. The zero-order chi connectivity index (χ0) is 18.1. The fraction of sp³-hybridized carbons (Fsp3) is 0.278. The Balaban J connectivity index is 1.95. The minimum atomic E-state index is -1.05. The molecule has 7 heteroatoms. The Hall–Kier alpha value is -3.09. The number of methoxy groups -OCH3 is 1. The van der Waals surface area contributed by atoms with Crippen molar-refractivity contribution in [1.29, 1.82) is 0 Å². The van der Waals surface area contributed by atoms with E-state index in [1.54, 1.807) is 25.4 Å². The molecule has 0 aliphatic carbocycles. The highest BCUT2D eigenvalue weighted by atomic mass is 16.6. The van der Waals surface area contributed by atoms with Crippen molar-refractivity contribution < 1.29 is 24.2 Å². The van der Waals surface area contributed by atoms with Gasteiger partial charge < -0.3 is 19.4 Å². The molecule has 0 aliphatic rings. The molecule has 0 atom stereocenters. The fourth-order valence-electron chi connectivity index (χ4n) is 2.00. The van der Waals surface area contributed by atoms with Crippen LogP contribution >= 0.6 is 0 Å². The van der Waals surface area contributed by atoms with Gasteiger partial charge in [-0.3, -0.25) is 0 Å². The number of hydrogen-bond donors (Lipinski definition) is 1. The van der Waals surface area contributed by atoms with Crippen LogP contribution in [0.1, 0.15) is 24.5 Å². The van der Waals surface area contributed by atoms with Crippen molar-refractivity contribution in [1.82, 2.24) is 4.98 Å². The number of rotatable bonds is 9. The van der Waals surface area contributed by atoms with Crippen LogP contribution in [0.3, 0.4) is 0 Å². The Bertz CT molecular complexity index is 711. The lowest BCUT2D eigenvalue weighted by Gasteiger charge is -2.07. The summed E-state index contributed by atoms with van der Waals surface area (Å²) >= 11 is 0. The van der Waals surface area contributed by atoms with Crippen molar-refractivity contribution in [2.75, 3.05) is 13.7 Å². The van der Waals surface area contributed by atoms with Crippen LogP contribution in [0.4, 0.5) is 0 Å². The van der Waals surface area contributed by atoms with Crippen molar-refractivity contribution in [2.24, 2.45) is 5.16 Å². The van der Waals surface area contributed by atoms with Crippen LogP contribution in [0, 0.1) is 0 Å². The molecule has 0 aliphatic heterocycles. The number of ether oxygens (including phenoxy) is 2. The summed E-state index contributed by atoms with van der Waals surface area (Å²) in [5, 5.41) is 12.7. The number of benzene rings is 1. The summed E-state index contributed by atoms with van der Waals surface area (Å²) in [5.41, 5.74) is 2.52. The average Bonchev–Trinajstić information content (AvgIpc) is 2.64. The number of hydrogen-bond acceptors (Lipinski definition) is 6. The quantitative estimate of drug-likeness (QED) is 0.556. The molecule has 2 rings (SSSR count). The number of aliphatic carboxylic acids is 1. The van der Waals surface area contributed by atoms with E-state index in [4.69, 9.17) is 19.4 Å². The topological polar surface area (TPSA) is 90.2 Å². The van der Waals surface area contributed by atoms with E-state index >= 15 is 0 Å². The van der Waals surface area contributed by atoms with Gasteiger partial charge in [0.05, 0.1) is 12.8 Å². The van der Waals surface area contributed by atoms with Gasteiger partial charge in [0.1, 0.15) is 12.4 Å². The lowest BCUT2D eigenvalue weighted by molar-refractivity contribution is -0.139. The van der Waals surface area contributed by atoms with Gasteiger partial charge in [-0.2, -0.15) is 0 Å². The number of oxime groups is 1. The maximum Gasteiger partial charge on any atom is 0.341 e. The van der Waals surface area contributed by atoms with Crippen LogP contribution in [0.2, 0.25) is 0 Å². The zero-order valence-electron chi connectivity index (χ0n) is 14.1. The first-order valence-corrected chi connectivity index (χ1v) is 7.75. The van der Waals surface area contributed by atoms with Gasteiger partial charge in [-0.1, -0.05) is 24.2 Å². The van der Waals surface area contributed by atoms with E-state index in [0.29, 0.717) is 13.0 Å². The second-order valence-electron chi connectivity index (χ2n) is 5.08. The van der Waals surface area contributed by atoms with Gasteiger partial charge in [-0.15, -0.1) is 0 Å². The summed E-state index contributed by atoms with van der Waals surface area (Å²) in [6.07, 6.45) is 2.25. The summed E-state index contributed by atoms with van der Waals surface area (Å²) in [6.45, 7) is 1.89. The van der Waals surface area contributed by atoms with Crippen molar-refractivity contribution in [2.45, 2.75) is 20.0 Å². The maximum atomic E-state index is 10.5. The normalized spacial score (nSPS) is 11.0. The number of carbonyl (C=O) groups is 1. The molecule has 1 N–H and O–H groups in total. The van der Waals surface area contributed by atoms with Crippen LogP contribution in [0.25, 0.3) is 0 Å². The minimum absolute atomic E-state index is 0.251. The minimum Gasteiger partial charge on any atom is -0.497 e. The standard InChI is InChI=1S/C18H20N2O5/c1-3-16(14-6-9-17(19-10-14)24-12-18(21)22)20-25-11-13-4-7-15(23-2)8-5-13/h4-10H,3,11-12H2,1-2H3,(H,21,22)/b20-16+. The SMILES string of the molecule is CC/C(=N\OCc1ccc(OC)cc1)c1ccc(OCC(=O)O)nc1. The highest BCUT2D eigenvalue weighted by Gasteiger charge is 2.05. The first kappa shape index (κ1) is 18.3. The van der Waals surface area contributed by atoms with E-state index in [1.165, 1.54) is 0 Å². The number of aromatic nitrogens is 1. The molecule has 1 aromatic heterocycles. The zero-order valence-corrected chi connectivity index (χ0v) is 14.1. The molecule has 0 radical (unpaired) electrons. The van der Waals surface area contributed by atoms with E-state index in [0.717, 1.165) is 22.6 Å². The van der Waals surface area contributed by atoms with Gasteiger partial charge in [0, 0.05) is 17.8 Å². The third-order valence-corrected chi connectivity index (χ3v) is 3.31. The molecule has 0 bridgehead atoms. The second kappa shape index (κ2) is 9.27. The number of carboxylic acid groups (broad SMARTS) is 1. The third kappa shape index (κ3) is 5.80. The molecule has 2 aromatic rings. The lowest BCUT2D eigenvalue weighted by Crippen LogP contribution is -2.10. The van der Waals surface area contributed by atoms with Gasteiger partial charge in [-0.25, -0.2) is 9.78 Å². The van der Waals surface area contributed by atoms with E-state index < -0.39 is 12.6 Å². The molecule has 1 aromatic carbocycles. The van der Waals surface area contributed by atoms with E-state index in [9.17, 15) is 4.79 Å². The molecule has 0 saturated carbocycles. The van der Waals surface area contributed by atoms with Gasteiger partial charge in [0.25, 0.3) is 0 Å². The summed E-state index contributed by atoms with van der Waals surface area (Å²) in [4.78, 5) is 20.0. The molecular formula is C18H20N2O5. The Morgan fingerprint density at radius 3 is 2.52 bits per heavy atom. The molecule has 1 heterocycles. The van der Waals surface area contributed by atoms with Crippen LogP contribution in [0.5, 0.6) is 11.6 Å². The predicted octanol–water partition coefficient (Wildman–Crippen LogP) is 2.88. The summed E-state index contributed by atoms with van der Waals surface area (Å²) in [5.74, 6) is -0.00727. The van der Waals surface area contributed by atoms with Crippen molar-refractivity contribution in [3.05, 3.63) is 53.7 Å². The molecular weight excluding hydrogens is 324 g/mol. The van der Waals surface area contributed by atoms with E-state index in [1.807, 2.05) is 31.2 Å². The molecule has 0 fully saturated rings. The Labute approximate surface area is 145 Å². The second-order valence-corrected chi connectivity index (χ2v) is 5.08. The largest absolute Gasteiger partial charge is 0.497 e. The summed E-state index contributed by atoms with van der Waals surface area (Å²) in [7, 11) is 1.62. The van der Waals surface area contributed by atoms with Crippen LogP contribution in [0.15, 0.2) is 47.8 Å². The highest BCUT2D eigenvalue weighted by Crippen LogP contribution is 2.13. The van der Waals surface area contributed by atoms with E-state index in [-0.39, 0.29) is 5.88 Å². The summed E-state index contributed by atoms with van der Waals surface area (Å²) in [6, 6.07) is 10.9. The van der Waals surface area contributed by atoms with Gasteiger partial charge in [0.15, 0.2) is 6.61 Å². The molecule has 25 heavy (non-hydrogen) atoms. The Morgan fingerprint density at radius 1 is 1.20 bits per heavy atom. The molecule has 0 saturated heterocycles. The molecule has 7 nitrogen and oxygen atoms in total. The monoisotopic (exact) mass is 344 g/mol. The Kier molecular flexibility index (Phi) is 6.76. The van der Waals surface area contributed by atoms with Gasteiger partial charge in [0.2, 0.25) is 5.88 Å². The average molecular weight is 344 g/mol. The van der Waals surface area contributed by atoms with Gasteiger partial charge >= 0.3 is 5.97 Å². The molecule has 0 spiro atoms. The maximum absolute atomic E-state index is 10.5. The van der Waals surface area contributed by atoms with Crippen molar-refractivity contribution in [3.8, 4) is 11.6 Å². The third-order valence-electron chi connectivity index (χ3n) is 3.31. The van der Waals surface area contributed by atoms with Crippen molar-refractivity contribution in [3.63, 3.8) is 0 Å². The molecule has 132 valence electrons.